The van der Waals surface area contributed by atoms with Crippen molar-refractivity contribution < 1.29 is 9.47 Å². The number of hydrogen-bond acceptors (Lipinski definition) is 3. The van der Waals surface area contributed by atoms with Crippen LogP contribution in [0.4, 0.5) is 0 Å². The molecule has 0 spiro atoms. The van der Waals surface area contributed by atoms with Gasteiger partial charge in [-0.25, -0.2) is 0 Å². The molecule has 84 valence electrons. The Kier molecular flexibility index (Phi) is 4.42. The normalized spacial score (nSPS) is 12.3. The third kappa shape index (κ3) is 2.44. The van der Waals surface area contributed by atoms with E-state index in [0.717, 1.165) is 21.5 Å². The molecule has 1 aromatic rings. The Labute approximate surface area is 98.7 Å². The molecule has 0 fully saturated rings. The second-order valence-electron chi connectivity index (χ2n) is 3.33. The molecule has 0 bridgehead atoms. The molecule has 4 heteroatoms. The first-order valence-electron chi connectivity index (χ1n) is 4.76. The van der Waals surface area contributed by atoms with Crippen LogP contribution in [-0.4, -0.2) is 20.8 Å². The number of halogens is 1. The van der Waals surface area contributed by atoms with Crippen molar-refractivity contribution in [3.8, 4) is 11.5 Å². The van der Waals surface area contributed by atoms with Gasteiger partial charge in [-0.15, -0.1) is 0 Å². The van der Waals surface area contributed by atoms with Gasteiger partial charge >= 0.3 is 0 Å². The first-order valence-corrected chi connectivity index (χ1v) is 5.55. The lowest BCUT2D eigenvalue weighted by Gasteiger charge is -2.17. The molecule has 0 saturated carbocycles. The molecule has 0 radical (unpaired) electrons. The van der Waals surface area contributed by atoms with Crippen molar-refractivity contribution in [3.05, 3.63) is 22.2 Å². The summed E-state index contributed by atoms with van der Waals surface area (Å²) in [6.07, 6.45) is 0. The molecule has 1 aromatic carbocycles. The van der Waals surface area contributed by atoms with Crippen molar-refractivity contribution in [1.29, 1.82) is 0 Å². The fourth-order valence-electron chi connectivity index (χ4n) is 1.47. The predicted octanol–water partition coefficient (Wildman–Crippen LogP) is 2.53. The number of nitrogens with two attached hydrogens (primary N) is 1. The lowest BCUT2D eigenvalue weighted by Crippen LogP contribution is -2.11. The Morgan fingerprint density at radius 1 is 1.27 bits per heavy atom. The lowest BCUT2D eigenvalue weighted by molar-refractivity contribution is 0.394. The highest BCUT2D eigenvalue weighted by atomic mass is 79.9. The maximum atomic E-state index is 5.67. The summed E-state index contributed by atoms with van der Waals surface area (Å²) in [5.74, 6) is 1.86. The van der Waals surface area contributed by atoms with E-state index in [1.54, 1.807) is 14.2 Å². The zero-order chi connectivity index (χ0) is 11.4. The third-order valence-corrected chi connectivity index (χ3v) is 3.21. The number of rotatable bonds is 4. The van der Waals surface area contributed by atoms with Gasteiger partial charge in [-0.2, -0.15) is 0 Å². The van der Waals surface area contributed by atoms with Crippen LogP contribution in [0, 0.1) is 0 Å². The molecule has 1 atom stereocenters. The van der Waals surface area contributed by atoms with Crippen LogP contribution in [-0.2, 0) is 0 Å². The van der Waals surface area contributed by atoms with E-state index in [9.17, 15) is 0 Å². The van der Waals surface area contributed by atoms with Gasteiger partial charge in [-0.1, -0.05) is 6.92 Å². The SMILES string of the molecule is COc1ccc(OC)c(C(C)CN)c1Br. The molecule has 0 aliphatic carbocycles. The molecule has 3 nitrogen and oxygen atoms in total. The fraction of sp³-hybridized carbons (Fsp3) is 0.455. The third-order valence-electron chi connectivity index (χ3n) is 2.39. The van der Waals surface area contributed by atoms with E-state index in [1.807, 2.05) is 12.1 Å². The maximum Gasteiger partial charge on any atom is 0.133 e. The topological polar surface area (TPSA) is 44.5 Å². The molecule has 15 heavy (non-hydrogen) atoms. The average Bonchev–Trinajstić information content (AvgIpc) is 2.27. The molecular weight excluding hydrogens is 258 g/mol. The van der Waals surface area contributed by atoms with Gasteiger partial charge in [0.2, 0.25) is 0 Å². The van der Waals surface area contributed by atoms with Crippen LogP contribution in [0.5, 0.6) is 11.5 Å². The minimum absolute atomic E-state index is 0.226. The van der Waals surface area contributed by atoms with Crippen molar-refractivity contribution in [1.82, 2.24) is 0 Å². The van der Waals surface area contributed by atoms with Gasteiger partial charge in [-0.3, -0.25) is 0 Å². The zero-order valence-corrected chi connectivity index (χ0v) is 10.8. The Morgan fingerprint density at radius 3 is 2.27 bits per heavy atom. The summed E-state index contributed by atoms with van der Waals surface area (Å²) in [7, 11) is 3.30. The highest BCUT2D eigenvalue weighted by Gasteiger charge is 2.17. The summed E-state index contributed by atoms with van der Waals surface area (Å²) >= 11 is 3.51. The maximum absolute atomic E-state index is 5.67. The van der Waals surface area contributed by atoms with Crippen LogP contribution in [0.3, 0.4) is 0 Å². The van der Waals surface area contributed by atoms with Crippen molar-refractivity contribution in [2.24, 2.45) is 5.73 Å². The molecular formula is C11H16BrNO2. The molecule has 0 aliphatic rings. The quantitative estimate of drug-likeness (QED) is 0.917. The van der Waals surface area contributed by atoms with E-state index in [1.165, 1.54) is 0 Å². The van der Waals surface area contributed by atoms with E-state index in [-0.39, 0.29) is 5.92 Å². The van der Waals surface area contributed by atoms with Gasteiger partial charge in [0.1, 0.15) is 11.5 Å². The van der Waals surface area contributed by atoms with Gasteiger partial charge in [0.15, 0.2) is 0 Å². The predicted molar refractivity (Wildman–Crippen MR) is 64.7 cm³/mol. The number of hydrogen-bond donors (Lipinski definition) is 1. The summed E-state index contributed by atoms with van der Waals surface area (Å²) in [5, 5.41) is 0. The van der Waals surface area contributed by atoms with Crippen LogP contribution in [0.25, 0.3) is 0 Å². The van der Waals surface area contributed by atoms with Gasteiger partial charge in [0.05, 0.1) is 18.7 Å². The smallest absolute Gasteiger partial charge is 0.133 e. The van der Waals surface area contributed by atoms with Gasteiger partial charge in [-0.05, 0) is 40.5 Å². The first kappa shape index (κ1) is 12.3. The van der Waals surface area contributed by atoms with Gasteiger partial charge < -0.3 is 15.2 Å². The van der Waals surface area contributed by atoms with Gasteiger partial charge in [0.25, 0.3) is 0 Å². The van der Waals surface area contributed by atoms with Crippen LogP contribution in [0.15, 0.2) is 16.6 Å². The fourth-order valence-corrected chi connectivity index (χ4v) is 2.35. The Morgan fingerprint density at radius 2 is 1.80 bits per heavy atom. The van der Waals surface area contributed by atoms with Gasteiger partial charge in [0, 0.05) is 5.56 Å². The molecule has 0 aromatic heterocycles. The first-order chi connectivity index (χ1) is 7.15. The standard InChI is InChI=1S/C11H16BrNO2/c1-7(6-13)10-8(14-2)4-5-9(15-3)11(10)12/h4-5,7H,6,13H2,1-3H3. The summed E-state index contributed by atoms with van der Waals surface area (Å²) in [6, 6.07) is 3.76. The van der Waals surface area contributed by atoms with E-state index in [0.29, 0.717) is 6.54 Å². The number of ether oxygens (including phenoxy) is 2. The number of benzene rings is 1. The van der Waals surface area contributed by atoms with E-state index in [2.05, 4.69) is 22.9 Å². The van der Waals surface area contributed by atoms with Crippen LogP contribution in [0.2, 0.25) is 0 Å². The summed E-state index contributed by atoms with van der Waals surface area (Å²) in [5.41, 5.74) is 6.73. The summed E-state index contributed by atoms with van der Waals surface area (Å²) in [6.45, 7) is 2.63. The minimum atomic E-state index is 0.226. The zero-order valence-electron chi connectivity index (χ0n) is 9.21. The van der Waals surface area contributed by atoms with Crippen molar-refractivity contribution in [3.63, 3.8) is 0 Å². The molecule has 0 saturated heterocycles. The molecule has 1 rings (SSSR count). The Balaban J connectivity index is 3.29. The second kappa shape index (κ2) is 5.37. The number of methoxy groups -OCH3 is 2. The molecule has 2 N–H and O–H groups in total. The van der Waals surface area contributed by atoms with E-state index < -0.39 is 0 Å². The highest BCUT2D eigenvalue weighted by Crippen LogP contribution is 2.39. The largest absolute Gasteiger partial charge is 0.496 e. The molecule has 0 amide bonds. The summed E-state index contributed by atoms with van der Waals surface area (Å²) in [4.78, 5) is 0. The monoisotopic (exact) mass is 273 g/mol. The Bertz CT molecular complexity index is 342. The minimum Gasteiger partial charge on any atom is -0.496 e. The van der Waals surface area contributed by atoms with Crippen molar-refractivity contribution in [2.75, 3.05) is 20.8 Å². The van der Waals surface area contributed by atoms with Crippen LogP contribution < -0.4 is 15.2 Å². The van der Waals surface area contributed by atoms with E-state index in [4.69, 9.17) is 15.2 Å². The molecule has 1 unspecified atom stereocenters. The molecule has 0 aliphatic heterocycles. The molecule has 0 heterocycles. The van der Waals surface area contributed by atoms with Crippen molar-refractivity contribution >= 4 is 15.9 Å². The highest BCUT2D eigenvalue weighted by molar-refractivity contribution is 9.10. The average molecular weight is 274 g/mol. The second-order valence-corrected chi connectivity index (χ2v) is 4.13. The Hall–Kier alpha value is -0.740. The van der Waals surface area contributed by atoms with Crippen LogP contribution >= 0.6 is 15.9 Å². The summed E-state index contributed by atoms with van der Waals surface area (Å²) < 4.78 is 11.5. The van der Waals surface area contributed by atoms with Crippen molar-refractivity contribution in [2.45, 2.75) is 12.8 Å². The van der Waals surface area contributed by atoms with E-state index >= 15 is 0 Å². The van der Waals surface area contributed by atoms with Crippen LogP contribution in [0.1, 0.15) is 18.4 Å². The lowest BCUT2D eigenvalue weighted by atomic mass is 10.00.